The van der Waals surface area contributed by atoms with Crippen LogP contribution >= 0.6 is 0 Å². The van der Waals surface area contributed by atoms with Crippen molar-refractivity contribution in [3.05, 3.63) is 77.5 Å². The average Bonchev–Trinajstić information content (AvgIpc) is 2.72. The van der Waals surface area contributed by atoms with E-state index in [9.17, 15) is 4.79 Å². The van der Waals surface area contributed by atoms with E-state index >= 15 is 0 Å². The van der Waals surface area contributed by atoms with E-state index in [2.05, 4.69) is 17.2 Å². The lowest BCUT2D eigenvalue weighted by Gasteiger charge is -2.12. The van der Waals surface area contributed by atoms with Crippen LogP contribution in [0.5, 0.6) is 17.2 Å². The summed E-state index contributed by atoms with van der Waals surface area (Å²) in [6.07, 6.45) is 0.930. The molecule has 3 N–H and O–H groups in total. The zero-order valence-electron chi connectivity index (χ0n) is 16.6. The third-order valence-electron chi connectivity index (χ3n) is 4.22. The van der Waals surface area contributed by atoms with Gasteiger partial charge in [-0.2, -0.15) is 0 Å². The fourth-order valence-electron chi connectivity index (χ4n) is 2.71. The third-order valence-corrected chi connectivity index (χ3v) is 4.22. The fraction of sp³-hybridized carbons (Fsp3) is 0.217. The molecule has 0 spiro atoms. The molecule has 150 valence electrons. The number of nitrogens with one attached hydrogen (secondary N) is 1. The molecule has 6 heteroatoms. The summed E-state index contributed by atoms with van der Waals surface area (Å²) in [5, 5.41) is 2.86. The minimum atomic E-state index is -0.252. The van der Waals surface area contributed by atoms with Crippen LogP contribution in [-0.2, 0) is 6.54 Å². The number of ether oxygens (including phenoxy) is 2. The molecule has 0 aliphatic rings. The number of pyridine rings is 1. The van der Waals surface area contributed by atoms with Gasteiger partial charge in [-0.3, -0.25) is 4.79 Å². The molecule has 0 bridgehead atoms. The molecule has 6 nitrogen and oxygen atoms in total. The molecule has 0 radical (unpaired) electrons. The largest absolute Gasteiger partial charge is 0.490 e. The Kier molecular flexibility index (Phi) is 6.68. The van der Waals surface area contributed by atoms with Gasteiger partial charge in [0.1, 0.15) is 11.6 Å². The molecule has 0 fully saturated rings. The minimum absolute atomic E-state index is 0.232. The maximum absolute atomic E-state index is 12.3. The van der Waals surface area contributed by atoms with Gasteiger partial charge in [-0.15, -0.1) is 0 Å². The first kappa shape index (κ1) is 20.2. The zero-order valence-corrected chi connectivity index (χ0v) is 16.6. The van der Waals surface area contributed by atoms with E-state index in [-0.39, 0.29) is 11.7 Å². The first-order valence-electron chi connectivity index (χ1n) is 9.56. The topological polar surface area (TPSA) is 86.5 Å². The van der Waals surface area contributed by atoms with E-state index in [0.29, 0.717) is 30.2 Å². The Labute approximate surface area is 170 Å². The molecular weight excluding hydrogens is 366 g/mol. The van der Waals surface area contributed by atoms with Gasteiger partial charge in [-0.05, 0) is 55.3 Å². The van der Waals surface area contributed by atoms with Gasteiger partial charge >= 0.3 is 0 Å². The molecule has 3 aromatic rings. The molecule has 0 saturated heterocycles. The summed E-state index contributed by atoms with van der Waals surface area (Å²) in [5.74, 6) is 2.06. The van der Waals surface area contributed by atoms with E-state index in [0.717, 1.165) is 23.4 Å². The maximum atomic E-state index is 12.3. The molecule has 1 amide bonds. The molecule has 0 saturated carbocycles. The van der Waals surface area contributed by atoms with Crippen LogP contribution < -0.4 is 20.5 Å². The van der Waals surface area contributed by atoms with Crippen LogP contribution in [0.4, 0.5) is 5.82 Å². The van der Waals surface area contributed by atoms with E-state index in [1.54, 1.807) is 12.1 Å². The quantitative estimate of drug-likeness (QED) is 0.591. The SMILES string of the molecule is CCCOc1ccccc1Oc1ccc(CNC(=O)c2ccc(C)nc2N)cc1. The Morgan fingerprint density at radius 3 is 2.45 bits per heavy atom. The number of carbonyl (C=O) groups is 1. The van der Waals surface area contributed by atoms with Gasteiger partial charge in [-0.1, -0.05) is 31.2 Å². The molecule has 29 heavy (non-hydrogen) atoms. The van der Waals surface area contributed by atoms with Crippen molar-refractivity contribution in [3.63, 3.8) is 0 Å². The van der Waals surface area contributed by atoms with Crippen LogP contribution in [0.1, 0.15) is 35.0 Å². The number of nitrogens with two attached hydrogens (primary N) is 1. The van der Waals surface area contributed by atoms with E-state index in [1.807, 2.05) is 55.5 Å². The van der Waals surface area contributed by atoms with Crippen LogP contribution in [0.25, 0.3) is 0 Å². The van der Waals surface area contributed by atoms with Gasteiger partial charge in [0.05, 0.1) is 12.2 Å². The predicted octanol–water partition coefficient (Wildman–Crippen LogP) is 4.48. The molecule has 1 aromatic heterocycles. The lowest BCUT2D eigenvalue weighted by molar-refractivity contribution is 0.0951. The minimum Gasteiger partial charge on any atom is -0.490 e. The molecule has 1 heterocycles. The number of carbonyl (C=O) groups excluding carboxylic acids is 1. The van der Waals surface area contributed by atoms with Crippen molar-refractivity contribution < 1.29 is 14.3 Å². The van der Waals surface area contributed by atoms with Gasteiger partial charge in [0.25, 0.3) is 5.91 Å². The van der Waals surface area contributed by atoms with E-state index in [1.165, 1.54) is 0 Å². The summed E-state index contributed by atoms with van der Waals surface area (Å²) in [6, 6.07) is 18.6. The second-order valence-corrected chi connectivity index (χ2v) is 6.61. The standard InChI is InChI=1S/C23H25N3O3/c1-3-14-28-20-6-4-5-7-21(20)29-18-11-9-17(10-12-18)15-25-23(27)19-13-8-16(2)26-22(19)24/h4-13H,3,14-15H2,1-2H3,(H2,24,26)(H,25,27). The number of benzene rings is 2. The number of amides is 1. The number of rotatable bonds is 8. The van der Waals surface area contributed by atoms with Crippen molar-refractivity contribution in [2.75, 3.05) is 12.3 Å². The lowest BCUT2D eigenvalue weighted by Crippen LogP contribution is -2.24. The van der Waals surface area contributed by atoms with E-state index in [4.69, 9.17) is 15.2 Å². The molecule has 0 atom stereocenters. The maximum Gasteiger partial charge on any atom is 0.255 e. The summed E-state index contributed by atoms with van der Waals surface area (Å²) in [4.78, 5) is 16.4. The number of nitrogens with zero attached hydrogens (tertiary/aromatic N) is 1. The Bertz CT molecular complexity index is 971. The summed E-state index contributed by atoms with van der Waals surface area (Å²) in [5.41, 5.74) is 7.92. The summed E-state index contributed by atoms with van der Waals surface area (Å²) >= 11 is 0. The molecule has 3 rings (SSSR count). The summed E-state index contributed by atoms with van der Waals surface area (Å²) in [6.45, 7) is 4.91. The Morgan fingerprint density at radius 1 is 1.03 bits per heavy atom. The second-order valence-electron chi connectivity index (χ2n) is 6.61. The number of nitrogen functional groups attached to an aromatic ring is 1. The van der Waals surface area contributed by atoms with Gasteiger partial charge in [0, 0.05) is 12.2 Å². The highest BCUT2D eigenvalue weighted by molar-refractivity contribution is 5.98. The van der Waals surface area contributed by atoms with Crippen molar-refractivity contribution in [2.24, 2.45) is 0 Å². The average molecular weight is 391 g/mol. The number of hydrogen-bond donors (Lipinski definition) is 2. The monoisotopic (exact) mass is 391 g/mol. The normalized spacial score (nSPS) is 10.4. The highest BCUT2D eigenvalue weighted by Crippen LogP contribution is 2.31. The Balaban J connectivity index is 1.60. The highest BCUT2D eigenvalue weighted by atomic mass is 16.5. The summed E-state index contributed by atoms with van der Waals surface area (Å²) < 4.78 is 11.7. The first-order valence-corrected chi connectivity index (χ1v) is 9.56. The zero-order chi connectivity index (χ0) is 20.6. The molecular formula is C23H25N3O3. The number of aryl methyl sites for hydroxylation is 1. The van der Waals surface area contributed by atoms with Crippen LogP contribution in [0.3, 0.4) is 0 Å². The lowest BCUT2D eigenvalue weighted by atomic mass is 10.2. The van der Waals surface area contributed by atoms with Crippen LogP contribution in [0, 0.1) is 6.92 Å². The van der Waals surface area contributed by atoms with Crippen LogP contribution in [0.2, 0.25) is 0 Å². The number of hydrogen-bond acceptors (Lipinski definition) is 5. The van der Waals surface area contributed by atoms with Gasteiger partial charge < -0.3 is 20.5 Å². The van der Waals surface area contributed by atoms with Crippen molar-refractivity contribution in [2.45, 2.75) is 26.8 Å². The first-order chi connectivity index (χ1) is 14.1. The number of para-hydroxylation sites is 2. The Morgan fingerprint density at radius 2 is 1.76 bits per heavy atom. The fourth-order valence-corrected chi connectivity index (χ4v) is 2.71. The smallest absolute Gasteiger partial charge is 0.255 e. The van der Waals surface area contributed by atoms with E-state index < -0.39 is 0 Å². The predicted molar refractivity (Wildman–Crippen MR) is 113 cm³/mol. The molecule has 0 aliphatic carbocycles. The highest BCUT2D eigenvalue weighted by Gasteiger charge is 2.11. The second kappa shape index (κ2) is 9.59. The van der Waals surface area contributed by atoms with Crippen LogP contribution in [0.15, 0.2) is 60.7 Å². The van der Waals surface area contributed by atoms with Crippen molar-refractivity contribution in [1.82, 2.24) is 10.3 Å². The van der Waals surface area contributed by atoms with Gasteiger partial charge in [0.2, 0.25) is 0 Å². The number of anilines is 1. The molecule has 0 aliphatic heterocycles. The third kappa shape index (κ3) is 5.48. The van der Waals surface area contributed by atoms with Crippen LogP contribution in [-0.4, -0.2) is 17.5 Å². The molecule has 2 aromatic carbocycles. The molecule has 0 unspecified atom stereocenters. The van der Waals surface area contributed by atoms with Crippen molar-refractivity contribution in [1.29, 1.82) is 0 Å². The van der Waals surface area contributed by atoms with Gasteiger partial charge in [-0.25, -0.2) is 4.98 Å². The van der Waals surface area contributed by atoms with Crippen molar-refractivity contribution in [3.8, 4) is 17.2 Å². The van der Waals surface area contributed by atoms with Gasteiger partial charge in [0.15, 0.2) is 11.5 Å². The summed E-state index contributed by atoms with van der Waals surface area (Å²) in [7, 11) is 0. The Hall–Kier alpha value is -3.54. The number of aromatic nitrogens is 1. The van der Waals surface area contributed by atoms with Crippen molar-refractivity contribution >= 4 is 11.7 Å².